The molecule has 4 nitrogen and oxygen atoms in total. The summed E-state index contributed by atoms with van der Waals surface area (Å²) in [6, 6.07) is 7.05. The number of halogens is 1. The molecule has 0 saturated carbocycles. The molecule has 0 aliphatic carbocycles. The van der Waals surface area contributed by atoms with E-state index in [-0.39, 0.29) is 6.42 Å². The van der Waals surface area contributed by atoms with Crippen molar-refractivity contribution in [2.75, 3.05) is 0 Å². The summed E-state index contributed by atoms with van der Waals surface area (Å²) in [5.74, 6) is -1.81. The molecule has 0 fully saturated rings. The zero-order valence-electron chi connectivity index (χ0n) is 11.3. The smallest absolute Gasteiger partial charge is 0.246 e. The Hall–Kier alpha value is -1.10. The molecule has 1 aromatic carbocycles. The molecule has 2 N–H and O–H groups in total. The third-order valence-electron chi connectivity index (χ3n) is 2.55. The molecular weight excluding hydrogens is 266 g/mol. The number of carbonyl (C=O) groups excluding carboxylic acids is 1. The van der Waals surface area contributed by atoms with Gasteiger partial charge in [-0.25, -0.2) is 0 Å². The van der Waals surface area contributed by atoms with Crippen molar-refractivity contribution in [3.63, 3.8) is 0 Å². The van der Waals surface area contributed by atoms with Crippen LogP contribution in [0.15, 0.2) is 24.3 Å². The van der Waals surface area contributed by atoms with Crippen LogP contribution >= 0.6 is 11.6 Å². The van der Waals surface area contributed by atoms with Crippen molar-refractivity contribution in [2.24, 2.45) is 5.92 Å². The molecule has 0 spiro atoms. The fraction of sp³-hybridized carbons (Fsp3) is 0.500. The van der Waals surface area contributed by atoms with Gasteiger partial charge < -0.3 is 9.84 Å². The zero-order valence-corrected chi connectivity index (χ0v) is 12.1. The summed E-state index contributed by atoms with van der Waals surface area (Å²) in [5, 5.41) is 10.5. The van der Waals surface area contributed by atoms with Gasteiger partial charge in [0.25, 0.3) is 0 Å². The number of aliphatic hydroxyl groups is 1. The van der Waals surface area contributed by atoms with Crippen molar-refractivity contribution in [2.45, 2.75) is 39.1 Å². The van der Waals surface area contributed by atoms with Crippen LogP contribution in [0.5, 0.6) is 0 Å². The lowest BCUT2D eigenvalue weighted by molar-refractivity contribution is -0.193. The normalized spacial score (nSPS) is 15.0. The van der Waals surface area contributed by atoms with Crippen LogP contribution < -0.4 is 5.73 Å². The Morgan fingerprint density at radius 2 is 2.00 bits per heavy atom. The lowest BCUT2D eigenvalue weighted by atomic mass is 9.97. The fourth-order valence-corrected chi connectivity index (χ4v) is 1.88. The number of benzene rings is 1. The second kappa shape index (κ2) is 6.37. The largest absolute Gasteiger partial charge is 0.367 e. The van der Waals surface area contributed by atoms with E-state index >= 15 is 0 Å². The van der Waals surface area contributed by atoms with Crippen molar-refractivity contribution in [1.29, 1.82) is 0 Å². The van der Waals surface area contributed by atoms with Crippen molar-refractivity contribution in [3.05, 3.63) is 34.9 Å². The summed E-state index contributed by atoms with van der Waals surface area (Å²) < 4.78 is 5.34. The SMILES string of the molecule is CC(C)(C)OC(O)C(Cc1ccccc1Cl)C([NH])=O. The average molecular weight is 285 g/mol. The molecule has 1 radical (unpaired) electrons. The molecule has 19 heavy (non-hydrogen) atoms. The van der Waals surface area contributed by atoms with Gasteiger partial charge in [-0.05, 0) is 38.8 Å². The molecular formula is C14H19ClNO3. The van der Waals surface area contributed by atoms with Gasteiger partial charge >= 0.3 is 0 Å². The lowest BCUT2D eigenvalue weighted by Crippen LogP contribution is -2.38. The van der Waals surface area contributed by atoms with Crippen molar-refractivity contribution in [1.82, 2.24) is 5.73 Å². The van der Waals surface area contributed by atoms with Crippen LogP contribution in [0.25, 0.3) is 0 Å². The predicted octanol–water partition coefficient (Wildman–Crippen LogP) is 2.44. The molecule has 0 bridgehead atoms. The average Bonchev–Trinajstić information content (AvgIpc) is 2.24. The summed E-state index contributed by atoms with van der Waals surface area (Å²) in [6.07, 6.45) is -1.14. The summed E-state index contributed by atoms with van der Waals surface area (Å²) in [6.45, 7) is 5.32. The van der Waals surface area contributed by atoms with E-state index < -0.39 is 23.7 Å². The number of amides is 1. The highest BCUT2D eigenvalue weighted by Crippen LogP contribution is 2.23. The zero-order chi connectivity index (χ0) is 14.6. The van der Waals surface area contributed by atoms with E-state index in [4.69, 9.17) is 22.1 Å². The van der Waals surface area contributed by atoms with Gasteiger partial charge in [-0.1, -0.05) is 29.8 Å². The van der Waals surface area contributed by atoms with E-state index in [0.29, 0.717) is 10.6 Å². The Bertz CT molecular complexity index is 443. The Kier molecular flexibility index (Phi) is 5.35. The second-order valence-electron chi connectivity index (χ2n) is 5.39. The molecule has 0 saturated heterocycles. The van der Waals surface area contributed by atoms with Gasteiger partial charge in [-0.3, -0.25) is 10.5 Å². The minimum Gasteiger partial charge on any atom is -0.367 e. The molecule has 1 aromatic rings. The van der Waals surface area contributed by atoms with Gasteiger partial charge in [0.15, 0.2) is 6.29 Å². The minimum absolute atomic E-state index is 0.180. The summed E-state index contributed by atoms with van der Waals surface area (Å²) in [7, 11) is 0. The Labute approximate surface area is 118 Å². The lowest BCUT2D eigenvalue weighted by Gasteiger charge is -2.28. The molecule has 105 valence electrons. The first-order valence-corrected chi connectivity index (χ1v) is 6.43. The van der Waals surface area contributed by atoms with Crippen molar-refractivity contribution in [3.8, 4) is 0 Å². The van der Waals surface area contributed by atoms with Crippen LogP contribution in [0.1, 0.15) is 26.3 Å². The second-order valence-corrected chi connectivity index (χ2v) is 5.79. The standard InChI is InChI=1S/C14H19ClNO3/c1-14(2,3)19-13(18)10(12(16)17)8-9-6-4-5-7-11(9)15/h4-7,10,13,16,18H,8H2,1-3H3. The number of carbonyl (C=O) groups is 1. The monoisotopic (exact) mass is 284 g/mol. The van der Waals surface area contributed by atoms with Crippen LogP contribution in [0.3, 0.4) is 0 Å². The van der Waals surface area contributed by atoms with E-state index in [2.05, 4.69) is 0 Å². The van der Waals surface area contributed by atoms with E-state index in [1.54, 1.807) is 45.0 Å². The third-order valence-corrected chi connectivity index (χ3v) is 2.92. The first-order valence-electron chi connectivity index (χ1n) is 6.05. The number of ether oxygens (including phenoxy) is 1. The molecule has 2 unspecified atom stereocenters. The van der Waals surface area contributed by atoms with Crippen molar-refractivity contribution >= 4 is 17.5 Å². The predicted molar refractivity (Wildman–Crippen MR) is 73.6 cm³/mol. The summed E-state index contributed by atoms with van der Waals surface area (Å²) in [4.78, 5) is 11.4. The molecule has 1 rings (SSSR count). The Morgan fingerprint density at radius 3 is 2.47 bits per heavy atom. The maximum absolute atomic E-state index is 11.4. The first-order chi connectivity index (χ1) is 8.70. The quantitative estimate of drug-likeness (QED) is 0.844. The number of hydrogen-bond donors (Lipinski definition) is 1. The van der Waals surface area contributed by atoms with Crippen LogP contribution in [0, 0.1) is 5.92 Å². The molecule has 2 atom stereocenters. The number of aliphatic hydroxyl groups excluding tert-OH is 1. The van der Waals surface area contributed by atoms with Gasteiger partial charge in [-0.15, -0.1) is 0 Å². The van der Waals surface area contributed by atoms with Crippen LogP contribution in [0.2, 0.25) is 5.02 Å². The van der Waals surface area contributed by atoms with E-state index in [1.165, 1.54) is 0 Å². The maximum Gasteiger partial charge on any atom is 0.246 e. The highest BCUT2D eigenvalue weighted by atomic mass is 35.5. The number of hydrogen-bond acceptors (Lipinski definition) is 3. The highest BCUT2D eigenvalue weighted by Gasteiger charge is 2.30. The molecule has 5 heteroatoms. The van der Waals surface area contributed by atoms with Crippen molar-refractivity contribution < 1.29 is 14.6 Å². The molecule has 1 amide bonds. The summed E-state index contributed by atoms with van der Waals surface area (Å²) >= 11 is 6.02. The summed E-state index contributed by atoms with van der Waals surface area (Å²) in [5.41, 5.74) is 7.40. The van der Waals surface area contributed by atoms with E-state index in [1.807, 2.05) is 0 Å². The molecule has 0 aliphatic rings. The van der Waals surface area contributed by atoms with Gasteiger partial charge in [0.2, 0.25) is 5.91 Å². The van der Waals surface area contributed by atoms with Gasteiger partial charge in [-0.2, -0.15) is 0 Å². The van der Waals surface area contributed by atoms with Gasteiger partial charge in [0, 0.05) is 5.02 Å². The van der Waals surface area contributed by atoms with E-state index in [9.17, 15) is 9.90 Å². The number of rotatable bonds is 5. The molecule has 0 aromatic heterocycles. The first kappa shape index (κ1) is 16.0. The third kappa shape index (κ3) is 5.19. The van der Waals surface area contributed by atoms with E-state index in [0.717, 1.165) is 0 Å². The topological polar surface area (TPSA) is 70.3 Å². The maximum atomic E-state index is 11.4. The van der Waals surface area contributed by atoms with Crippen LogP contribution in [-0.2, 0) is 16.0 Å². The minimum atomic E-state index is -1.32. The Balaban J connectivity index is 2.85. The highest BCUT2D eigenvalue weighted by molar-refractivity contribution is 6.31. The fourth-order valence-electron chi connectivity index (χ4n) is 1.67. The van der Waals surface area contributed by atoms with Crippen LogP contribution in [-0.4, -0.2) is 22.9 Å². The number of nitrogens with one attached hydrogen (secondary N) is 1. The molecule has 0 aliphatic heterocycles. The molecule has 0 heterocycles. The van der Waals surface area contributed by atoms with Crippen LogP contribution in [0.4, 0.5) is 0 Å². The Morgan fingerprint density at radius 1 is 1.42 bits per heavy atom. The van der Waals surface area contributed by atoms with Gasteiger partial charge in [0.1, 0.15) is 0 Å². The van der Waals surface area contributed by atoms with Gasteiger partial charge in [0.05, 0.1) is 11.5 Å².